The van der Waals surface area contributed by atoms with Crippen LogP contribution >= 0.6 is 15.9 Å². The quantitative estimate of drug-likeness (QED) is 0.907. The number of carboxylic acids is 1. The van der Waals surface area contributed by atoms with Gasteiger partial charge in [-0.2, -0.15) is 0 Å². The van der Waals surface area contributed by atoms with Gasteiger partial charge in [0.05, 0.1) is 6.61 Å². The van der Waals surface area contributed by atoms with Crippen LogP contribution in [0.15, 0.2) is 28.7 Å². The number of rotatable bonds is 2. The molecular formula is C11H11BrO4. The van der Waals surface area contributed by atoms with Crippen molar-refractivity contribution in [1.29, 1.82) is 0 Å². The number of benzene rings is 1. The summed E-state index contributed by atoms with van der Waals surface area (Å²) in [5.74, 6) is -0.944. The average Bonchev–Trinajstić information content (AvgIpc) is 2.30. The van der Waals surface area contributed by atoms with Crippen LogP contribution in [0.4, 0.5) is 0 Å². The Morgan fingerprint density at radius 2 is 2.19 bits per heavy atom. The van der Waals surface area contributed by atoms with E-state index in [1.165, 1.54) is 0 Å². The van der Waals surface area contributed by atoms with Gasteiger partial charge in [-0.15, -0.1) is 0 Å². The van der Waals surface area contributed by atoms with Crippen LogP contribution in [0.25, 0.3) is 0 Å². The Balaban J connectivity index is 2.16. The zero-order valence-electron chi connectivity index (χ0n) is 8.43. The van der Waals surface area contributed by atoms with Gasteiger partial charge in [0.15, 0.2) is 12.4 Å². The van der Waals surface area contributed by atoms with E-state index in [1.807, 2.05) is 24.3 Å². The Morgan fingerprint density at radius 3 is 2.88 bits per heavy atom. The van der Waals surface area contributed by atoms with Crippen molar-refractivity contribution in [2.24, 2.45) is 0 Å². The zero-order valence-corrected chi connectivity index (χ0v) is 10.0. The highest BCUT2D eigenvalue weighted by atomic mass is 79.9. The van der Waals surface area contributed by atoms with Gasteiger partial charge in [0, 0.05) is 16.5 Å². The maximum Gasteiger partial charge on any atom is 0.333 e. The summed E-state index contributed by atoms with van der Waals surface area (Å²) < 4.78 is 11.6. The minimum absolute atomic E-state index is 0.385. The molecule has 2 rings (SSSR count). The summed E-state index contributed by atoms with van der Waals surface area (Å²) in [5.41, 5.74) is 0.813. The molecular weight excluding hydrogens is 276 g/mol. The van der Waals surface area contributed by atoms with E-state index in [9.17, 15) is 4.79 Å². The van der Waals surface area contributed by atoms with E-state index >= 15 is 0 Å². The summed E-state index contributed by atoms with van der Waals surface area (Å²) in [6.45, 7) is 0.392. The van der Waals surface area contributed by atoms with Crippen molar-refractivity contribution >= 4 is 21.9 Å². The van der Waals surface area contributed by atoms with Crippen LogP contribution < -0.4 is 0 Å². The van der Waals surface area contributed by atoms with E-state index in [2.05, 4.69) is 15.9 Å². The van der Waals surface area contributed by atoms with Gasteiger partial charge in [-0.1, -0.05) is 34.1 Å². The lowest BCUT2D eigenvalue weighted by molar-refractivity contribution is -0.224. The molecule has 1 N–H and O–H groups in total. The molecule has 0 aromatic heterocycles. The molecule has 1 aromatic carbocycles. The lowest BCUT2D eigenvalue weighted by Crippen LogP contribution is -2.33. The van der Waals surface area contributed by atoms with Crippen molar-refractivity contribution in [3.63, 3.8) is 0 Å². The fourth-order valence-electron chi connectivity index (χ4n) is 1.55. The SMILES string of the molecule is O=C(O)[C@@H]1CCO[C@H](c2ccccc2Br)O1. The highest BCUT2D eigenvalue weighted by Crippen LogP contribution is 2.31. The van der Waals surface area contributed by atoms with E-state index in [4.69, 9.17) is 14.6 Å². The molecule has 16 heavy (non-hydrogen) atoms. The second kappa shape index (κ2) is 4.95. The molecule has 5 heteroatoms. The molecule has 0 aliphatic carbocycles. The first-order valence-corrected chi connectivity index (χ1v) is 5.72. The van der Waals surface area contributed by atoms with E-state index in [1.54, 1.807) is 0 Å². The minimum atomic E-state index is -0.944. The van der Waals surface area contributed by atoms with E-state index < -0.39 is 18.4 Å². The van der Waals surface area contributed by atoms with Crippen molar-refractivity contribution in [2.75, 3.05) is 6.61 Å². The second-order valence-corrected chi connectivity index (χ2v) is 4.33. The lowest BCUT2D eigenvalue weighted by Gasteiger charge is -2.28. The fourth-order valence-corrected chi connectivity index (χ4v) is 2.02. The van der Waals surface area contributed by atoms with Crippen LogP contribution in [-0.4, -0.2) is 23.8 Å². The predicted molar refractivity (Wildman–Crippen MR) is 60.0 cm³/mol. The van der Waals surface area contributed by atoms with E-state index in [0.29, 0.717) is 13.0 Å². The number of carbonyl (C=O) groups is 1. The highest BCUT2D eigenvalue weighted by molar-refractivity contribution is 9.10. The molecule has 4 nitrogen and oxygen atoms in total. The number of hydrogen-bond donors (Lipinski definition) is 1. The Kier molecular flexibility index (Phi) is 3.58. The molecule has 0 saturated carbocycles. The molecule has 0 unspecified atom stereocenters. The molecule has 0 spiro atoms. The minimum Gasteiger partial charge on any atom is -0.479 e. The molecule has 0 bridgehead atoms. The van der Waals surface area contributed by atoms with E-state index in [-0.39, 0.29) is 0 Å². The molecule has 1 saturated heterocycles. The fraction of sp³-hybridized carbons (Fsp3) is 0.364. The number of aliphatic carboxylic acids is 1. The standard InChI is InChI=1S/C11H11BrO4/c12-8-4-2-1-3-7(8)11-15-6-5-9(16-11)10(13)14/h1-4,9,11H,5-6H2,(H,13,14)/t9-,11-/m0/s1. The van der Waals surface area contributed by atoms with Crippen molar-refractivity contribution in [3.8, 4) is 0 Å². The van der Waals surface area contributed by atoms with Gasteiger partial charge in [0.2, 0.25) is 0 Å². The smallest absolute Gasteiger partial charge is 0.333 e. The maximum absolute atomic E-state index is 10.8. The molecule has 2 atom stereocenters. The van der Waals surface area contributed by atoms with Crippen molar-refractivity contribution in [3.05, 3.63) is 34.3 Å². The normalized spacial score (nSPS) is 25.3. The number of hydrogen-bond acceptors (Lipinski definition) is 3. The van der Waals surface area contributed by atoms with Crippen LogP contribution in [0.2, 0.25) is 0 Å². The van der Waals surface area contributed by atoms with Gasteiger partial charge in [0.25, 0.3) is 0 Å². The van der Waals surface area contributed by atoms with Crippen LogP contribution in [0.1, 0.15) is 18.3 Å². The van der Waals surface area contributed by atoms with Crippen molar-refractivity contribution in [2.45, 2.75) is 18.8 Å². The number of halogens is 1. The summed E-state index contributed by atoms with van der Waals surface area (Å²) in [5, 5.41) is 8.88. The largest absolute Gasteiger partial charge is 0.479 e. The molecule has 1 aromatic rings. The lowest BCUT2D eigenvalue weighted by atomic mass is 10.2. The topological polar surface area (TPSA) is 55.8 Å². The van der Waals surface area contributed by atoms with Gasteiger partial charge < -0.3 is 14.6 Å². The van der Waals surface area contributed by atoms with Gasteiger partial charge >= 0.3 is 5.97 Å². The molecule has 1 aliphatic rings. The molecule has 0 radical (unpaired) electrons. The van der Waals surface area contributed by atoms with Gasteiger partial charge in [-0.05, 0) is 6.07 Å². The monoisotopic (exact) mass is 286 g/mol. The molecule has 1 heterocycles. The summed E-state index contributed by atoms with van der Waals surface area (Å²) in [6, 6.07) is 7.45. The summed E-state index contributed by atoms with van der Waals surface area (Å²) in [6.07, 6.45) is -1.01. The van der Waals surface area contributed by atoms with Crippen molar-refractivity contribution in [1.82, 2.24) is 0 Å². The first-order chi connectivity index (χ1) is 7.68. The first kappa shape index (κ1) is 11.6. The van der Waals surface area contributed by atoms with Gasteiger partial charge in [-0.25, -0.2) is 4.79 Å². The zero-order chi connectivity index (χ0) is 11.5. The Bertz CT molecular complexity index is 393. The second-order valence-electron chi connectivity index (χ2n) is 3.48. The molecule has 0 amide bonds. The summed E-state index contributed by atoms with van der Waals surface area (Å²) in [4.78, 5) is 10.8. The highest BCUT2D eigenvalue weighted by Gasteiger charge is 2.29. The van der Waals surface area contributed by atoms with Crippen LogP contribution in [0, 0.1) is 0 Å². The summed E-state index contributed by atoms with van der Waals surface area (Å²) >= 11 is 3.38. The summed E-state index contributed by atoms with van der Waals surface area (Å²) in [7, 11) is 0. The molecule has 1 fully saturated rings. The Morgan fingerprint density at radius 1 is 1.44 bits per heavy atom. The maximum atomic E-state index is 10.8. The molecule has 86 valence electrons. The Hall–Kier alpha value is -0.910. The van der Waals surface area contributed by atoms with Crippen LogP contribution in [0.3, 0.4) is 0 Å². The predicted octanol–water partition coefficient (Wildman–Crippen LogP) is 2.34. The third-order valence-corrected chi connectivity index (χ3v) is 3.09. The van der Waals surface area contributed by atoms with Crippen molar-refractivity contribution < 1.29 is 19.4 Å². The van der Waals surface area contributed by atoms with E-state index in [0.717, 1.165) is 10.0 Å². The average molecular weight is 287 g/mol. The molecule has 1 aliphatic heterocycles. The van der Waals surface area contributed by atoms with Crippen LogP contribution in [-0.2, 0) is 14.3 Å². The number of ether oxygens (including phenoxy) is 2. The Labute approximate surface area is 101 Å². The third kappa shape index (κ3) is 2.42. The third-order valence-electron chi connectivity index (χ3n) is 2.37. The first-order valence-electron chi connectivity index (χ1n) is 4.93. The van der Waals surface area contributed by atoms with Gasteiger partial charge in [-0.3, -0.25) is 0 Å². The van der Waals surface area contributed by atoms with Crippen LogP contribution in [0.5, 0.6) is 0 Å². The van der Waals surface area contributed by atoms with Gasteiger partial charge in [0.1, 0.15) is 0 Å². The number of carboxylic acid groups (broad SMARTS) is 1.